The highest BCUT2D eigenvalue weighted by atomic mass is 16.8. The first-order chi connectivity index (χ1) is 9.52. The Morgan fingerprint density at radius 2 is 1.90 bits per heavy atom. The smallest absolute Gasteiger partial charge is 0.220 e. The molecule has 0 N–H and O–H groups in total. The molecule has 0 saturated carbocycles. The van der Waals surface area contributed by atoms with Crippen molar-refractivity contribution in [2.75, 3.05) is 6.61 Å². The van der Waals surface area contributed by atoms with E-state index in [1.807, 2.05) is 57.2 Å². The molecule has 0 bridgehead atoms. The minimum absolute atomic E-state index is 0.0726. The summed E-state index contributed by atoms with van der Waals surface area (Å²) in [6, 6.07) is 7.91. The Balaban J connectivity index is 1.65. The Morgan fingerprint density at radius 3 is 2.65 bits per heavy atom. The van der Waals surface area contributed by atoms with Gasteiger partial charge in [0.05, 0.1) is 6.61 Å². The molecule has 2 aliphatic heterocycles. The van der Waals surface area contributed by atoms with Gasteiger partial charge in [0.15, 0.2) is 5.79 Å². The molecule has 0 spiro atoms. The van der Waals surface area contributed by atoms with Crippen LogP contribution in [0.2, 0.25) is 0 Å². The van der Waals surface area contributed by atoms with E-state index in [0.29, 0.717) is 6.61 Å². The predicted molar refractivity (Wildman–Crippen MR) is 74.5 cm³/mol. The second-order valence-electron chi connectivity index (χ2n) is 5.65. The Kier molecular flexibility index (Phi) is 3.54. The number of fused-ring (bicyclic) bond motifs is 1. The third-order valence-electron chi connectivity index (χ3n) is 3.42. The second-order valence-corrected chi connectivity index (χ2v) is 5.65. The van der Waals surface area contributed by atoms with Gasteiger partial charge in [0.2, 0.25) is 6.29 Å². The third-order valence-corrected chi connectivity index (χ3v) is 3.42. The Morgan fingerprint density at radius 1 is 1.15 bits per heavy atom. The van der Waals surface area contributed by atoms with E-state index in [4.69, 9.17) is 18.9 Å². The molecule has 2 aliphatic rings. The van der Waals surface area contributed by atoms with E-state index in [1.54, 1.807) is 0 Å². The molecule has 0 radical (unpaired) electrons. The van der Waals surface area contributed by atoms with Gasteiger partial charge in [-0.05, 0) is 39.0 Å². The van der Waals surface area contributed by atoms with E-state index >= 15 is 0 Å². The van der Waals surface area contributed by atoms with Gasteiger partial charge >= 0.3 is 0 Å². The zero-order chi connectivity index (χ0) is 14.2. The number of rotatable bonds is 2. The minimum Gasteiger partial charge on any atom is -0.461 e. The normalized spacial score (nSPS) is 31.6. The van der Waals surface area contributed by atoms with E-state index in [1.165, 1.54) is 5.56 Å². The van der Waals surface area contributed by atoms with E-state index in [2.05, 4.69) is 0 Å². The average molecular weight is 276 g/mol. The highest BCUT2D eigenvalue weighted by Gasteiger charge is 2.39. The highest BCUT2D eigenvalue weighted by Crippen LogP contribution is 2.29. The van der Waals surface area contributed by atoms with Crippen LogP contribution in [0.4, 0.5) is 0 Å². The summed E-state index contributed by atoms with van der Waals surface area (Å²) in [7, 11) is 0. The number of hydrogen-bond acceptors (Lipinski definition) is 4. The molecule has 4 nitrogen and oxygen atoms in total. The molecule has 0 aliphatic carbocycles. The summed E-state index contributed by atoms with van der Waals surface area (Å²) in [4.78, 5) is 0. The van der Waals surface area contributed by atoms with Gasteiger partial charge in [-0.1, -0.05) is 23.8 Å². The molecule has 1 aromatic carbocycles. The molecule has 3 rings (SSSR count). The molecular weight excluding hydrogens is 256 g/mol. The van der Waals surface area contributed by atoms with Crippen molar-refractivity contribution in [3.63, 3.8) is 0 Å². The quantitative estimate of drug-likeness (QED) is 0.778. The van der Waals surface area contributed by atoms with Crippen molar-refractivity contribution in [2.45, 2.75) is 45.1 Å². The van der Waals surface area contributed by atoms with Crippen molar-refractivity contribution in [1.29, 1.82) is 0 Å². The van der Waals surface area contributed by atoms with E-state index in [9.17, 15) is 0 Å². The molecule has 2 heterocycles. The fraction of sp³-hybridized carbons (Fsp3) is 0.500. The lowest BCUT2D eigenvalue weighted by Crippen LogP contribution is -2.52. The zero-order valence-electron chi connectivity index (χ0n) is 12.0. The first-order valence-corrected chi connectivity index (χ1v) is 6.91. The number of aryl methyl sites for hydroxylation is 1. The van der Waals surface area contributed by atoms with Crippen LogP contribution >= 0.6 is 0 Å². The van der Waals surface area contributed by atoms with Gasteiger partial charge in [-0.25, -0.2) is 0 Å². The summed E-state index contributed by atoms with van der Waals surface area (Å²) < 4.78 is 23.1. The standard InChI is InChI=1S/C16H20O4/c1-11-4-6-12(7-5-11)18-15-9-8-13-14(19-15)10-17-16(2,3)20-13/h4-9,13-15H,10H2,1-3H3/t13-,14+,15-/m0/s1. The van der Waals surface area contributed by atoms with Gasteiger partial charge in [-0.15, -0.1) is 0 Å². The summed E-state index contributed by atoms with van der Waals surface area (Å²) in [5.74, 6) is 0.237. The minimum atomic E-state index is -0.556. The lowest BCUT2D eigenvalue weighted by Gasteiger charge is -2.42. The number of hydrogen-bond donors (Lipinski definition) is 0. The van der Waals surface area contributed by atoms with Gasteiger partial charge < -0.3 is 18.9 Å². The van der Waals surface area contributed by atoms with Crippen molar-refractivity contribution in [3.05, 3.63) is 42.0 Å². The van der Waals surface area contributed by atoms with Crippen molar-refractivity contribution in [1.82, 2.24) is 0 Å². The maximum Gasteiger partial charge on any atom is 0.220 e. The molecule has 0 unspecified atom stereocenters. The Bertz CT molecular complexity index is 492. The molecular formula is C16H20O4. The zero-order valence-corrected chi connectivity index (χ0v) is 12.0. The van der Waals surface area contributed by atoms with Crippen LogP contribution in [0.1, 0.15) is 19.4 Å². The van der Waals surface area contributed by atoms with E-state index in [0.717, 1.165) is 5.75 Å². The summed E-state index contributed by atoms with van der Waals surface area (Å²) in [5.41, 5.74) is 1.20. The second kappa shape index (κ2) is 5.20. The maximum atomic E-state index is 5.86. The molecule has 20 heavy (non-hydrogen) atoms. The first-order valence-electron chi connectivity index (χ1n) is 6.91. The molecule has 108 valence electrons. The van der Waals surface area contributed by atoms with Gasteiger partial charge in [0, 0.05) is 0 Å². The molecule has 0 amide bonds. The van der Waals surface area contributed by atoms with Crippen molar-refractivity contribution >= 4 is 0 Å². The maximum absolute atomic E-state index is 5.86. The van der Waals surface area contributed by atoms with Crippen LogP contribution in [-0.4, -0.2) is 30.9 Å². The molecule has 1 saturated heterocycles. The van der Waals surface area contributed by atoms with Gasteiger partial charge in [-0.2, -0.15) is 0 Å². The van der Waals surface area contributed by atoms with Crippen LogP contribution in [0.3, 0.4) is 0 Å². The van der Waals surface area contributed by atoms with Crippen molar-refractivity contribution in [2.24, 2.45) is 0 Å². The van der Waals surface area contributed by atoms with Crippen LogP contribution in [0, 0.1) is 6.92 Å². The molecule has 1 aromatic rings. The molecule has 3 atom stereocenters. The Labute approximate surface area is 119 Å². The van der Waals surface area contributed by atoms with Crippen LogP contribution in [0.5, 0.6) is 5.75 Å². The van der Waals surface area contributed by atoms with E-state index < -0.39 is 12.1 Å². The number of benzene rings is 1. The largest absolute Gasteiger partial charge is 0.461 e. The predicted octanol–water partition coefficient (Wildman–Crippen LogP) is 2.81. The topological polar surface area (TPSA) is 36.9 Å². The van der Waals surface area contributed by atoms with E-state index in [-0.39, 0.29) is 12.2 Å². The van der Waals surface area contributed by atoms with Crippen LogP contribution < -0.4 is 4.74 Å². The molecule has 0 aromatic heterocycles. The van der Waals surface area contributed by atoms with Gasteiger partial charge in [0.1, 0.15) is 18.0 Å². The molecule has 1 fully saturated rings. The van der Waals surface area contributed by atoms with Crippen molar-refractivity contribution in [3.8, 4) is 5.75 Å². The fourth-order valence-corrected chi connectivity index (χ4v) is 2.33. The summed E-state index contributed by atoms with van der Waals surface area (Å²) in [6.45, 7) is 6.37. The van der Waals surface area contributed by atoms with Gasteiger partial charge in [0.25, 0.3) is 0 Å². The lowest BCUT2D eigenvalue weighted by molar-refractivity contribution is -0.314. The third kappa shape index (κ3) is 3.03. The Hall–Kier alpha value is -1.36. The lowest BCUT2D eigenvalue weighted by atomic mass is 10.1. The summed E-state index contributed by atoms with van der Waals surface area (Å²) in [6.07, 6.45) is 3.30. The summed E-state index contributed by atoms with van der Waals surface area (Å²) >= 11 is 0. The highest BCUT2D eigenvalue weighted by molar-refractivity contribution is 5.26. The SMILES string of the molecule is Cc1ccc(O[C@@H]2C=C[C@@H]3OC(C)(C)OC[C@H]3O2)cc1. The fourth-order valence-electron chi connectivity index (χ4n) is 2.33. The van der Waals surface area contributed by atoms with Crippen LogP contribution in [-0.2, 0) is 14.2 Å². The average Bonchev–Trinajstić information content (AvgIpc) is 2.41. The summed E-state index contributed by atoms with van der Waals surface area (Å²) in [5, 5.41) is 0. The van der Waals surface area contributed by atoms with Crippen LogP contribution in [0.25, 0.3) is 0 Å². The van der Waals surface area contributed by atoms with Crippen LogP contribution in [0.15, 0.2) is 36.4 Å². The first kappa shape index (κ1) is 13.6. The number of ether oxygens (including phenoxy) is 4. The molecule has 4 heteroatoms. The van der Waals surface area contributed by atoms with Gasteiger partial charge in [-0.3, -0.25) is 0 Å². The van der Waals surface area contributed by atoms with Crippen molar-refractivity contribution < 1.29 is 18.9 Å². The monoisotopic (exact) mass is 276 g/mol.